The van der Waals surface area contributed by atoms with E-state index in [-0.39, 0.29) is 42.4 Å². The number of H-pyrrole nitrogens is 1. The molecule has 0 saturated heterocycles. The van der Waals surface area contributed by atoms with Crippen molar-refractivity contribution in [3.8, 4) is 11.5 Å². The summed E-state index contributed by atoms with van der Waals surface area (Å²) in [5.74, 6) is -0.532. The second kappa shape index (κ2) is 15.0. The Labute approximate surface area is 264 Å². The highest BCUT2D eigenvalue weighted by Gasteiger charge is 2.24. The van der Waals surface area contributed by atoms with Crippen molar-refractivity contribution in [1.29, 1.82) is 0 Å². The van der Waals surface area contributed by atoms with Crippen LogP contribution >= 0.6 is 0 Å². The summed E-state index contributed by atoms with van der Waals surface area (Å²) in [6, 6.07) is 27.7. The minimum Gasteiger partial charge on any atom is -0.493 e. The van der Waals surface area contributed by atoms with E-state index in [0.717, 1.165) is 27.6 Å². The third-order valence-electron chi connectivity index (χ3n) is 7.01. The van der Waals surface area contributed by atoms with Gasteiger partial charge in [0.1, 0.15) is 19.3 Å². The number of carbonyl (C=O) groups excluding carboxylic acids is 2. The van der Waals surface area contributed by atoms with Crippen molar-refractivity contribution in [3.05, 3.63) is 136 Å². The number of para-hydroxylation sites is 1. The number of hydrazone groups is 1. The first-order valence-electron chi connectivity index (χ1n) is 14.3. The Morgan fingerprint density at radius 3 is 2.33 bits per heavy atom. The zero-order chi connectivity index (χ0) is 32.3. The third kappa shape index (κ3) is 8.05. The van der Waals surface area contributed by atoms with Crippen molar-refractivity contribution in [1.82, 2.24) is 15.7 Å². The lowest BCUT2D eigenvalue weighted by Crippen LogP contribution is -2.47. The molecule has 0 unspecified atom stereocenters. The molecular formula is C34H31N5O7. The summed E-state index contributed by atoms with van der Waals surface area (Å²) in [5.41, 5.74) is 5.67. The van der Waals surface area contributed by atoms with Crippen LogP contribution in [0.4, 0.5) is 10.5 Å². The average Bonchev–Trinajstić information content (AvgIpc) is 3.49. The summed E-state index contributed by atoms with van der Waals surface area (Å²) in [4.78, 5) is 40.5. The number of ether oxygens (including phenoxy) is 3. The molecule has 0 spiro atoms. The molecule has 0 aliphatic carbocycles. The molecule has 0 fully saturated rings. The molecule has 234 valence electrons. The quantitative estimate of drug-likeness (QED) is 0.0871. The fourth-order valence-corrected chi connectivity index (χ4v) is 4.73. The lowest BCUT2D eigenvalue weighted by Gasteiger charge is -2.17. The number of hydrogen-bond donors (Lipinski definition) is 3. The lowest BCUT2D eigenvalue weighted by atomic mass is 10.0. The molecule has 0 radical (unpaired) electrons. The van der Waals surface area contributed by atoms with Gasteiger partial charge in [-0.1, -0.05) is 78.9 Å². The molecule has 0 aliphatic heterocycles. The number of nitro groups is 1. The largest absolute Gasteiger partial charge is 0.493 e. The predicted octanol–water partition coefficient (Wildman–Crippen LogP) is 5.65. The van der Waals surface area contributed by atoms with E-state index in [1.165, 1.54) is 25.5 Å². The van der Waals surface area contributed by atoms with Crippen molar-refractivity contribution in [3.63, 3.8) is 0 Å². The summed E-state index contributed by atoms with van der Waals surface area (Å²) in [6.07, 6.45) is 2.38. The number of alkyl carbamates (subject to hydrolysis) is 1. The monoisotopic (exact) mass is 621 g/mol. The number of methoxy groups -OCH3 is 1. The van der Waals surface area contributed by atoms with Crippen LogP contribution in [0.3, 0.4) is 0 Å². The summed E-state index contributed by atoms with van der Waals surface area (Å²) < 4.78 is 16.5. The number of benzene rings is 4. The maximum absolute atomic E-state index is 13.3. The first-order valence-corrected chi connectivity index (χ1v) is 14.3. The highest BCUT2D eigenvalue weighted by molar-refractivity contribution is 5.90. The normalized spacial score (nSPS) is 11.6. The van der Waals surface area contributed by atoms with Crippen LogP contribution < -0.4 is 20.2 Å². The van der Waals surface area contributed by atoms with Crippen LogP contribution in [0.1, 0.15) is 22.3 Å². The van der Waals surface area contributed by atoms with Crippen molar-refractivity contribution >= 4 is 34.8 Å². The molecule has 1 heterocycles. The van der Waals surface area contributed by atoms with Crippen LogP contribution in [0.25, 0.3) is 10.9 Å². The van der Waals surface area contributed by atoms with Gasteiger partial charge in [0.25, 0.3) is 5.91 Å². The van der Waals surface area contributed by atoms with E-state index in [4.69, 9.17) is 14.2 Å². The molecule has 5 aromatic rings. The van der Waals surface area contributed by atoms with Crippen LogP contribution in [-0.2, 0) is 29.2 Å². The number of nitrogens with one attached hydrogen (secondary N) is 3. The Kier molecular flexibility index (Phi) is 10.2. The Balaban J connectivity index is 1.31. The summed E-state index contributed by atoms with van der Waals surface area (Å²) in [5, 5.41) is 19.5. The number of aromatic nitrogens is 1. The zero-order valence-electron chi connectivity index (χ0n) is 24.8. The van der Waals surface area contributed by atoms with Crippen LogP contribution in [0, 0.1) is 10.1 Å². The molecular weight excluding hydrogens is 590 g/mol. The molecule has 1 aromatic heterocycles. The average molecular weight is 622 g/mol. The fraction of sp³-hybridized carbons (Fsp3) is 0.147. The van der Waals surface area contributed by atoms with Crippen LogP contribution in [0.2, 0.25) is 0 Å². The Morgan fingerprint density at radius 2 is 1.63 bits per heavy atom. The minimum absolute atomic E-state index is 0.0257. The van der Waals surface area contributed by atoms with Gasteiger partial charge in [0, 0.05) is 35.2 Å². The van der Waals surface area contributed by atoms with Gasteiger partial charge >= 0.3 is 11.8 Å². The lowest BCUT2D eigenvalue weighted by molar-refractivity contribution is -0.386. The highest BCUT2D eigenvalue weighted by atomic mass is 16.6. The van der Waals surface area contributed by atoms with Crippen LogP contribution in [-0.4, -0.2) is 41.3 Å². The number of hydrogen-bond acceptors (Lipinski definition) is 8. The molecule has 0 saturated carbocycles. The minimum atomic E-state index is -1.06. The fourth-order valence-electron chi connectivity index (χ4n) is 4.73. The maximum atomic E-state index is 13.3. The second-order valence-electron chi connectivity index (χ2n) is 10.2. The maximum Gasteiger partial charge on any atom is 0.408 e. The van der Waals surface area contributed by atoms with Crippen molar-refractivity contribution in [2.75, 3.05) is 7.11 Å². The van der Waals surface area contributed by atoms with Gasteiger partial charge in [-0.15, -0.1) is 0 Å². The molecule has 0 aliphatic rings. The van der Waals surface area contributed by atoms with Crippen molar-refractivity contribution in [2.45, 2.75) is 25.7 Å². The number of rotatable bonds is 13. The smallest absolute Gasteiger partial charge is 0.408 e. The van der Waals surface area contributed by atoms with E-state index in [1.807, 2.05) is 84.9 Å². The van der Waals surface area contributed by atoms with E-state index in [2.05, 4.69) is 20.8 Å². The number of amides is 2. The van der Waals surface area contributed by atoms with Gasteiger partial charge in [-0.25, -0.2) is 10.2 Å². The molecule has 3 N–H and O–H groups in total. The number of nitrogens with zero attached hydrogens (tertiary/aromatic N) is 2. The summed E-state index contributed by atoms with van der Waals surface area (Å²) in [6.45, 7) is 0.123. The van der Waals surface area contributed by atoms with E-state index >= 15 is 0 Å². The summed E-state index contributed by atoms with van der Waals surface area (Å²) in [7, 11) is 1.37. The van der Waals surface area contributed by atoms with Crippen molar-refractivity contribution in [2.24, 2.45) is 5.10 Å². The topological polar surface area (TPSA) is 157 Å². The van der Waals surface area contributed by atoms with Gasteiger partial charge < -0.3 is 24.5 Å². The van der Waals surface area contributed by atoms with Crippen LogP contribution in [0.15, 0.2) is 108 Å². The number of fused-ring (bicyclic) bond motifs is 1. The highest BCUT2D eigenvalue weighted by Crippen LogP contribution is 2.38. The van der Waals surface area contributed by atoms with Gasteiger partial charge in [0.2, 0.25) is 5.75 Å². The van der Waals surface area contributed by atoms with Crippen LogP contribution in [0.5, 0.6) is 11.5 Å². The number of carbonyl (C=O) groups is 2. The SMILES string of the molecule is COc1cc(/C=N\NC(=O)[C@@H](Cc2c[nH]c3ccccc23)NC(=O)OCc2ccccc2)cc([N+](=O)[O-])c1OCc1ccccc1. The van der Waals surface area contributed by atoms with E-state index in [1.54, 1.807) is 6.20 Å². The predicted molar refractivity (Wildman–Crippen MR) is 172 cm³/mol. The van der Waals surface area contributed by atoms with Gasteiger partial charge in [0.15, 0.2) is 5.75 Å². The molecule has 46 heavy (non-hydrogen) atoms. The molecule has 2 amide bonds. The first-order chi connectivity index (χ1) is 22.4. The molecule has 12 nitrogen and oxygen atoms in total. The number of nitro benzene ring substituents is 1. The third-order valence-corrected chi connectivity index (χ3v) is 7.01. The zero-order valence-corrected chi connectivity index (χ0v) is 24.8. The Hall–Kier alpha value is -6.17. The van der Waals surface area contributed by atoms with Gasteiger partial charge in [-0.2, -0.15) is 5.10 Å². The van der Waals surface area contributed by atoms with Gasteiger partial charge in [0.05, 0.1) is 18.2 Å². The van der Waals surface area contributed by atoms with E-state index in [0.29, 0.717) is 0 Å². The molecule has 4 aromatic carbocycles. The van der Waals surface area contributed by atoms with Gasteiger partial charge in [-0.05, 0) is 28.8 Å². The molecule has 1 atom stereocenters. The summed E-state index contributed by atoms with van der Waals surface area (Å²) >= 11 is 0. The Morgan fingerprint density at radius 1 is 0.957 bits per heavy atom. The Bertz CT molecular complexity index is 1840. The van der Waals surface area contributed by atoms with E-state index in [9.17, 15) is 19.7 Å². The molecule has 5 rings (SSSR count). The standard InChI is InChI=1S/C34H31N5O7/c1-44-31-17-25(16-30(39(42)43)32(31)45-21-23-10-4-2-5-11-23)19-36-38-33(40)29(18-26-20-35-28-15-9-8-14-27(26)28)37-34(41)46-22-24-12-6-3-7-13-24/h2-17,19-20,29,35H,18,21-22H2,1H3,(H,37,41)(H,38,40)/b36-19-/t29-/m1/s1. The van der Waals surface area contributed by atoms with Gasteiger partial charge in [-0.3, -0.25) is 14.9 Å². The first kappa shape index (κ1) is 31.3. The molecule has 12 heteroatoms. The number of aromatic amines is 1. The van der Waals surface area contributed by atoms with E-state index < -0.39 is 23.0 Å². The second-order valence-corrected chi connectivity index (χ2v) is 10.2. The van der Waals surface area contributed by atoms with Crippen molar-refractivity contribution < 1.29 is 28.7 Å². The molecule has 0 bridgehead atoms.